The fraction of sp³-hybridized carbons (Fsp3) is 0.462. The molecule has 0 aliphatic carbocycles. The second-order valence-corrected chi connectivity index (χ2v) is 4.95. The number of aromatic amines is 1. The molecular weight excluding hydrogens is 280 g/mol. The van der Waals surface area contributed by atoms with Gasteiger partial charge in [-0.15, -0.1) is 0 Å². The zero-order valence-corrected chi connectivity index (χ0v) is 12.5. The van der Waals surface area contributed by atoms with Gasteiger partial charge in [-0.25, -0.2) is 4.79 Å². The molecule has 108 valence electrons. The molecular formula is C13H17ClN4O2. The van der Waals surface area contributed by atoms with E-state index in [1.165, 1.54) is 10.8 Å². The molecule has 2 aromatic heterocycles. The molecule has 20 heavy (non-hydrogen) atoms. The zero-order valence-electron chi connectivity index (χ0n) is 11.7. The summed E-state index contributed by atoms with van der Waals surface area (Å²) in [7, 11) is 0. The van der Waals surface area contributed by atoms with Crippen LogP contribution >= 0.6 is 11.6 Å². The maximum absolute atomic E-state index is 11.8. The first-order valence-corrected chi connectivity index (χ1v) is 6.90. The van der Waals surface area contributed by atoms with Crippen LogP contribution in [-0.4, -0.2) is 19.3 Å². The van der Waals surface area contributed by atoms with E-state index >= 15 is 0 Å². The van der Waals surface area contributed by atoms with Crippen LogP contribution < -0.4 is 11.2 Å². The van der Waals surface area contributed by atoms with Crippen LogP contribution in [0.2, 0.25) is 5.02 Å². The number of H-pyrrole nitrogens is 1. The summed E-state index contributed by atoms with van der Waals surface area (Å²) in [4.78, 5) is 25.5. The van der Waals surface area contributed by atoms with Crippen molar-refractivity contribution in [2.24, 2.45) is 0 Å². The molecule has 7 heteroatoms. The predicted molar refractivity (Wildman–Crippen MR) is 77.5 cm³/mol. The van der Waals surface area contributed by atoms with Gasteiger partial charge >= 0.3 is 5.69 Å². The average molecular weight is 297 g/mol. The number of rotatable bonds is 4. The van der Waals surface area contributed by atoms with Crippen molar-refractivity contribution in [3.8, 4) is 0 Å². The maximum Gasteiger partial charge on any atom is 0.328 e. The molecule has 0 aliphatic rings. The van der Waals surface area contributed by atoms with E-state index in [0.29, 0.717) is 17.1 Å². The van der Waals surface area contributed by atoms with E-state index < -0.39 is 5.69 Å². The van der Waals surface area contributed by atoms with Gasteiger partial charge in [0.2, 0.25) is 0 Å². The van der Waals surface area contributed by atoms with Crippen molar-refractivity contribution in [2.75, 3.05) is 0 Å². The Morgan fingerprint density at radius 3 is 2.65 bits per heavy atom. The Hall–Kier alpha value is -1.82. The largest absolute Gasteiger partial charge is 0.328 e. The molecule has 2 rings (SSSR count). The summed E-state index contributed by atoms with van der Waals surface area (Å²) in [6, 6.07) is 0. The Morgan fingerprint density at radius 2 is 2.05 bits per heavy atom. The summed E-state index contributed by atoms with van der Waals surface area (Å²) >= 11 is 6.31. The quantitative estimate of drug-likeness (QED) is 0.925. The molecule has 0 amide bonds. The van der Waals surface area contributed by atoms with Crippen LogP contribution in [0.4, 0.5) is 0 Å². The molecule has 0 aromatic carbocycles. The Balaban J connectivity index is 2.50. The highest BCUT2D eigenvalue weighted by atomic mass is 35.5. The molecule has 0 fully saturated rings. The fourth-order valence-electron chi connectivity index (χ4n) is 2.07. The van der Waals surface area contributed by atoms with E-state index in [2.05, 4.69) is 10.1 Å². The standard InChI is InChI=1S/C13H17ClN4O2/c1-4-9-11(14)10(18(5-2)16-9)7-17-6-8(3)12(19)15-13(17)20/h6H,4-5,7H2,1-3H3,(H,15,19,20). The van der Waals surface area contributed by atoms with Gasteiger partial charge in [0, 0.05) is 18.3 Å². The molecule has 2 heterocycles. The smallest absolute Gasteiger partial charge is 0.294 e. The van der Waals surface area contributed by atoms with E-state index in [-0.39, 0.29) is 12.1 Å². The first kappa shape index (κ1) is 14.6. The molecule has 0 radical (unpaired) electrons. The van der Waals surface area contributed by atoms with Crippen LogP contribution in [0.5, 0.6) is 0 Å². The summed E-state index contributed by atoms with van der Waals surface area (Å²) in [5.41, 5.74) is 1.27. The van der Waals surface area contributed by atoms with Crippen molar-refractivity contribution >= 4 is 11.6 Å². The van der Waals surface area contributed by atoms with E-state index in [1.54, 1.807) is 11.6 Å². The lowest BCUT2D eigenvalue weighted by Crippen LogP contribution is -2.31. The van der Waals surface area contributed by atoms with Crippen molar-refractivity contribution in [3.05, 3.63) is 49.0 Å². The number of nitrogens with one attached hydrogen (secondary N) is 1. The normalized spacial score (nSPS) is 11.0. The van der Waals surface area contributed by atoms with Crippen LogP contribution in [0.15, 0.2) is 15.8 Å². The Kier molecular flexibility index (Phi) is 4.13. The SMILES string of the molecule is CCc1nn(CC)c(Cn2cc(C)c(=O)[nH]c2=O)c1Cl. The van der Waals surface area contributed by atoms with Gasteiger partial charge in [0.25, 0.3) is 5.56 Å². The van der Waals surface area contributed by atoms with Gasteiger partial charge in [0.05, 0.1) is 23.0 Å². The lowest BCUT2D eigenvalue weighted by molar-refractivity contribution is 0.583. The third kappa shape index (κ3) is 2.56. The average Bonchev–Trinajstić information content (AvgIpc) is 2.72. The molecule has 0 spiro atoms. The Bertz CT molecular complexity index is 742. The van der Waals surface area contributed by atoms with Crippen LogP contribution in [-0.2, 0) is 19.5 Å². The number of aromatic nitrogens is 4. The molecule has 0 unspecified atom stereocenters. The van der Waals surface area contributed by atoms with Crippen LogP contribution in [0.25, 0.3) is 0 Å². The van der Waals surface area contributed by atoms with E-state index in [1.807, 2.05) is 13.8 Å². The zero-order chi connectivity index (χ0) is 14.9. The highest BCUT2D eigenvalue weighted by Gasteiger charge is 2.15. The summed E-state index contributed by atoms with van der Waals surface area (Å²) in [5, 5.41) is 5.00. The van der Waals surface area contributed by atoms with Crippen molar-refractivity contribution in [1.29, 1.82) is 0 Å². The number of hydrogen-bond acceptors (Lipinski definition) is 3. The second kappa shape index (κ2) is 5.66. The first-order chi connectivity index (χ1) is 9.47. The van der Waals surface area contributed by atoms with Crippen molar-refractivity contribution in [2.45, 2.75) is 40.3 Å². The maximum atomic E-state index is 11.8. The number of aryl methyl sites for hydroxylation is 3. The van der Waals surface area contributed by atoms with Gasteiger partial charge in [0.1, 0.15) is 0 Å². The fourth-order valence-corrected chi connectivity index (χ4v) is 2.39. The second-order valence-electron chi connectivity index (χ2n) is 4.58. The van der Waals surface area contributed by atoms with Gasteiger partial charge in [-0.3, -0.25) is 19.0 Å². The minimum absolute atomic E-state index is 0.288. The predicted octanol–water partition coefficient (Wildman–Crippen LogP) is 1.33. The van der Waals surface area contributed by atoms with Gasteiger partial charge in [-0.2, -0.15) is 5.10 Å². The van der Waals surface area contributed by atoms with Crippen molar-refractivity contribution in [1.82, 2.24) is 19.3 Å². The van der Waals surface area contributed by atoms with E-state index in [4.69, 9.17) is 11.6 Å². The lowest BCUT2D eigenvalue weighted by Gasteiger charge is -2.08. The van der Waals surface area contributed by atoms with Crippen LogP contribution in [0, 0.1) is 6.92 Å². The van der Waals surface area contributed by atoms with Gasteiger partial charge < -0.3 is 0 Å². The molecule has 0 saturated heterocycles. The summed E-state index contributed by atoms with van der Waals surface area (Å²) in [6.45, 7) is 6.56. The number of hydrogen-bond donors (Lipinski definition) is 1. The Morgan fingerprint density at radius 1 is 1.35 bits per heavy atom. The minimum atomic E-state index is -0.446. The summed E-state index contributed by atoms with van der Waals surface area (Å²) in [6.07, 6.45) is 2.27. The van der Waals surface area contributed by atoms with Gasteiger partial charge in [-0.1, -0.05) is 18.5 Å². The minimum Gasteiger partial charge on any atom is -0.294 e. The monoisotopic (exact) mass is 296 g/mol. The highest BCUT2D eigenvalue weighted by Crippen LogP contribution is 2.22. The third-order valence-corrected chi connectivity index (χ3v) is 3.64. The molecule has 0 aliphatic heterocycles. The number of halogens is 1. The van der Waals surface area contributed by atoms with Crippen LogP contribution in [0.1, 0.15) is 30.8 Å². The van der Waals surface area contributed by atoms with E-state index in [0.717, 1.165) is 17.8 Å². The summed E-state index contributed by atoms with van der Waals surface area (Å²) in [5.74, 6) is 0. The van der Waals surface area contributed by atoms with Crippen molar-refractivity contribution in [3.63, 3.8) is 0 Å². The van der Waals surface area contributed by atoms with E-state index in [9.17, 15) is 9.59 Å². The Labute approximate surface area is 121 Å². The molecule has 1 N–H and O–H groups in total. The molecule has 2 aromatic rings. The lowest BCUT2D eigenvalue weighted by atomic mass is 10.3. The highest BCUT2D eigenvalue weighted by molar-refractivity contribution is 6.31. The number of nitrogens with zero attached hydrogens (tertiary/aromatic N) is 3. The molecule has 6 nitrogen and oxygen atoms in total. The van der Waals surface area contributed by atoms with Crippen LogP contribution in [0.3, 0.4) is 0 Å². The van der Waals surface area contributed by atoms with Gasteiger partial charge in [-0.05, 0) is 20.3 Å². The molecule has 0 saturated carbocycles. The third-order valence-electron chi connectivity index (χ3n) is 3.20. The van der Waals surface area contributed by atoms with Gasteiger partial charge in [0.15, 0.2) is 0 Å². The van der Waals surface area contributed by atoms with Crippen molar-refractivity contribution < 1.29 is 0 Å². The summed E-state index contributed by atoms with van der Waals surface area (Å²) < 4.78 is 3.22. The molecule has 0 bridgehead atoms. The molecule has 0 atom stereocenters. The topological polar surface area (TPSA) is 72.7 Å². The first-order valence-electron chi connectivity index (χ1n) is 6.52.